The second-order valence-electron chi connectivity index (χ2n) is 6.95. The first-order chi connectivity index (χ1) is 15.4. The highest BCUT2D eigenvalue weighted by atomic mass is 35.5. The van der Waals surface area contributed by atoms with Gasteiger partial charge >= 0.3 is 0 Å². The first-order valence-electron chi connectivity index (χ1n) is 9.71. The molecule has 0 aromatic heterocycles. The van der Waals surface area contributed by atoms with E-state index in [0.717, 1.165) is 0 Å². The van der Waals surface area contributed by atoms with Crippen LogP contribution >= 0.6 is 11.6 Å². The van der Waals surface area contributed by atoms with Gasteiger partial charge in [-0.25, -0.2) is 0 Å². The highest BCUT2D eigenvalue weighted by molar-refractivity contribution is 6.46. The zero-order valence-electron chi connectivity index (χ0n) is 18.2. The molecule has 0 bridgehead atoms. The Morgan fingerprint density at radius 3 is 2.09 bits per heavy atom. The molecule has 9 heteroatoms. The van der Waals surface area contributed by atoms with Gasteiger partial charge in [-0.15, -0.1) is 0 Å². The Kier molecular flexibility index (Phi) is 7.27. The van der Waals surface area contributed by atoms with Crippen molar-refractivity contribution in [2.24, 2.45) is 0 Å². The Labute approximate surface area is 190 Å². The minimum atomic E-state index is -0.894. The Hall–Kier alpha value is -3.23. The summed E-state index contributed by atoms with van der Waals surface area (Å²) in [5.74, 6) is -0.774. The lowest BCUT2D eigenvalue weighted by Crippen LogP contribution is -2.32. The summed E-state index contributed by atoms with van der Waals surface area (Å²) in [6.07, 6.45) is 0. The summed E-state index contributed by atoms with van der Waals surface area (Å²) in [6.45, 7) is 0.342. The molecule has 0 aliphatic carbocycles. The van der Waals surface area contributed by atoms with E-state index < -0.39 is 17.7 Å². The quantitative estimate of drug-likeness (QED) is 0.365. The number of benzene rings is 2. The fourth-order valence-corrected chi connectivity index (χ4v) is 3.80. The molecule has 8 nitrogen and oxygen atoms in total. The molecule has 2 aromatic rings. The number of hydrogen-bond donors (Lipinski definition) is 1. The van der Waals surface area contributed by atoms with E-state index in [1.54, 1.807) is 36.4 Å². The van der Waals surface area contributed by atoms with Crippen LogP contribution in [-0.4, -0.2) is 63.3 Å². The summed E-state index contributed by atoms with van der Waals surface area (Å²) in [7, 11) is 5.91. The molecule has 0 radical (unpaired) electrons. The lowest BCUT2D eigenvalue weighted by Gasteiger charge is -2.26. The number of nitrogens with zero attached hydrogens (tertiary/aromatic N) is 1. The van der Waals surface area contributed by atoms with Crippen LogP contribution < -0.4 is 14.2 Å². The number of methoxy groups -OCH3 is 4. The maximum atomic E-state index is 13.0. The van der Waals surface area contributed by atoms with E-state index in [1.807, 2.05) is 0 Å². The number of hydrogen-bond acceptors (Lipinski definition) is 7. The van der Waals surface area contributed by atoms with Gasteiger partial charge in [0, 0.05) is 24.2 Å². The zero-order valence-corrected chi connectivity index (χ0v) is 18.9. The van der Waals surface area contributed by atoms with Crippen molar-refractivity contribution >= 4 is 29.1 Å². The molecule has 2 aromatic carbocycles. The van der Waals surface area contributed by atoms with Crippen molar-refractivity contribution in [3.63, 3.8) is 0 Å². The average molecular weight is 462 g/mol. The van der Waals surface area contributed by atoms with E-state index in [0.29, 0.717) is 33.4 Å². The van der Waals surface area contributed by atoms with Gasteiger partial charge in [0.05, 0.1) is 39.6 Å². The minimum absolute atomic E-state index is 0.0531. The van der Waals surface area contributed by atoms with E-state index >= 15 is 0 Å². The largest absolute Gasteiger partial charge is 0.507 e. The van der Waals surface area contributed by atoms with Crippen molar-refractivity contribution in [3.05, 3.63) is 58.1 Å². The molecule has 170 valence electrons. The molecule has 32 heavy (non-hydrogen) atoms. The molecule has 1 fully saturated rings. The predicted octanol–water partition coefficient (Wildman–Crippen LogP) is 3.43. The standard InChI is InChI=1S/C23H24ClNO7/c1-29-10-9-25-19(14-11-16(30-2)22(32-4)17(12-14)31-3)18(21(27)23(25)28)20(26)13-5-7-15(24)8-6-13/h5-8,11-12,19,26H,9-10H2,1-4H3/t19-/m0/s1. The normalized spacial score (nSPS) is 17.5. The Bertz CT molecular complexity index is 1020. The highest BCUT2D eigenvalue weighted by Crippen LogP contribution is 2.45. The maximum Gasteiger partial charge on any atom is 0.295 e. The van der Waals surface area contributed by atoms with Gasteiger partial charge < -0.3 is 29.0 Å². The van der Waals surface area contributed by atoms with Crippen molar-refractivity contribution in [2.45, 2.75) is 6.04 Å². The van der Waals surface area contributed by atoms with Crippen molar-refractivity contribution in [2.75, 3.05) is 41.6 Å². The summed E-state index contributed by atoms with van der Waals surface area (Å²) in [4.78, 5) is 27.3. The van der Waals surface area contributed by atoms with E-state index in [9.17, 15) is 14.7 Å². The number of Topliss-reactive ketones (excluding diaryl/α,β-unsaturated/α-hetero) is 1. The fourth-order valence-electron chi connectivity index (χ4n) is 3.67. The van der Waals surface area contributed by atoms with Gasteiger partial charge in [0.1, 0.15) is 5.76 Å². The second kappa shape index (κ2) is 9.93. The zero-order chi connectivity index (χ0) is 23.4. The lowest BCUT2D eigenvalue weighted by atomic mass is 9.94. The molecule has 1 heterocycles. The van der Waals surface area contributed by atoms with Crippen LogP contribution in [0.25, 0.3) is 5.76 Å². The van der Waals surface area contributed by atoms with E-state index in [4.69, 9.17) is 30.5 Å². The van der Waals surface area contributed by atoms with Gasteiger partial charge in [0.2, 0.25) is 5.75 Å². The van der Waals surface area contributed by atoms with Crippen LogP contribution in [0, 0.1) is 0 Å². The van der Waals surface area contributed by atoms with Gasteiger partial charge in [-0.1, -0.05) is 11.6 Å². The molecule has 1 aliphatic rings. The molecule has 1 aliphatic heterocycles. The number of carbonyl (C=O) groups is 2. The van der Waals surface area contributed by atoms with Crippen molar-refractivity contribution in [1.29, 1.82) is 0 Å². The van der Waals surface area contributed by atoms with Crippen molar-refractivity contribution in [1.82, 2.24) is 4.90 Å². The summed E-state index contributed by atoms with van der Waals surface area (Å²) in [6, 6.07) is 8.73. The molecule has 1 N–H and O–H groups in total. The SMILES string of the molecule is COCCN1C(=O)C(=O)C(=C(O)c2ccc(Cl)cc2)[C@@H]1c1cc(OC)c(OC)c(OC)c1. The molecule has 1 amide bonds. The number of amides is 1. The number of halogens is 1. The predicted molar refractivity (Wildman–Crippen MR) is 118 cm³/mol. The second-order valence-corrected chi connectivity index (χ2v) is 7.39. The molecule has 3 rings (SSSR count). The van der Waals surface area contributed by atoms with Gasteiger partial charge in [-0.3, -0.25) is 9.59 Å². The Morgan fingerprint density at radius 1 is 1.00 bits per heavy atom. The van der Waals surface area contributed by atoms with Gasteiger partial charge in [-0.2, -0.15) is 0 Å². The first kappa shape index (κ1) is 23.4. The molecule has 1 saturated heterocycles. The van der Waals surface area contributed by atoms with E-state index in [-0.39, 0.29) is 24.5 Å². The molecular weight excluding hydrogens is 438 g/mol. The Balaban J connectivity index is 2.25. The number of aliphatic hydroxyl groups excluding tert-OH is 1. The van der Waals surface area contributed by atoms with Crippen LogP contribution in [-0.2, 0) is 14.3 Å². The minimum Gasteiger partial charge on any atom is -0.507 e. The molecule has 0 spiro atoms. The first-order valence-corrected chi connectivity index (χ1v) is 10.1. The molecule has 0 unspecified atom stereocenters. The topological polar surface area (TPSA) is 94.5 Å². The van der Waals surface area contributed by atoms with Crippen molar-refractivity contribution < 1.29 is 33.6 Å². The van der Waals surface area contributed by atoms with E-state index in [1.165, 1.54) is 33.3 Å². The summed E-state index contributed by atoms with van der Waals surface area (Å²) >= 11 is 5.95. The Morgan fingerprint density at radius 2 is 1.59 bits per heavy atom. The van der Waals surface area contributed by atoms with Crippen LogP contribution in [0.4, 0.5) is 0 Å². The molecule has 0 saturated carbocycles. The van der Waals surface area contributed by atoms with Crippen LogP contribution in [0.2, 0.25) is 5.02 Å². The van der Waals surface area contributed by atoms with Gasteiger partial charge in [-0.05, 0) is 42.0 Å². The van der Waals surface area contributed by atoms with Crippen LogP contribution in [0.5, 0.6) is 17.2 Å². The summed E-state index contributed by atoms with van der Waals surface area (Å²) in [5.41, 5.74) is 0.810. The number of ketones is 1. The van der Waals surface area contributed by atoms with Gasteiger partial charge in [0.15, 0.2) is 11.5 Å². The fraction of sp³-hybridized carbons (Fsp3) is 0.304. The number of aliphatic hydroxyl groups is 1. The van der Waals surface area contributed by atoms with Gasteiger partial charge in [0.25, 0.3) is 11.7 Å². The van der Waals surface area contributed by atoms with Crippen molar-refractivity contribution in [3.8, 4) is 17.2 Å². The van der Waals surface area contributed by atoms with Crippen LogP contribution in [0.3, 0.4) is 0 Å². The highest BCUT2D eigenvalue weighted by Gasteiger charge is 2.46. The van der Waals surface area contributed by atoms with E-state index in [2.05, 4.69) is 0 Å². The number of ether oxygens (including phenoxy) is 4. The molecule has 1 atom stereocenters. The summed E-state index contributed by atoms with van der Waals surface area (Å²) in [5, 5.41) is 11.5. The lowest BCUT2D eigenvalue weighted by molar-refractivity contribution is -0.140. The smallest absolute Gasteiger partial charge is 0.295 e. The van der Waals surface area contributed by atoms with Crippen LogP contribution in [0.15, 0.2) is 42.0 Å². The van der Waals surface area contributed by atoms with Crippen LogP contribution in [0.1, 0.15) is 17.2 Å². The maximum absolute atomic E-state index is 13.0. The monoisotopic (exact) mass is 461 g/mol. The number of carbonyl (C=O) groups excluding carboxylic acids is 2. The average Bonchev–Trinajstić information content (AvgIpc) is 3.06. The third-order valence-electron chi connectivity index (χ3n) is 5.20. The molecular formula is C23H24ClNO7. The summed E-state index contributed by atoms with van der Waals surface area (Å²) < 4.78 is 21.4. The number of likely N-dealkylation sites (tertiary alicyclic amines) is 1. The third-order valence-corrected chi connectivity index (χ3v) is 5.45. The number of rotatable bonds is 8. The third kappa shape index (κ3) is 4.24.